The van der Waals surface area contributed by atoms with Crippen molar-refractivity contribution in [3.63, 3.8) is 0 Å². The topological polar surface area (TPSA) is 12.0 Å². The summed E-state index contributed by atoms with van der Waals surface area (Å²) in [6, 6.07) is 2.98. The first-order valence-electron chi connectivity index (χ1n) is 5.28. The summed E-state index contributed by atoms with van der Waals surface area (Å²) < 4.78 is 0. The molecular formula is C12H15NS. The highest BCUT2D eigenvalue weighted by atomic mass is 32.1. The van der Waals surface area contributed by atoms with Gasteiger partial charge in [-0.3, -0.25) is 0 Å². The zero-order chi connectivity index (χ0) is 9.54. The maximum atomic E-state index is 3.57. The Hall–Kier alpha value is -0.600. The molecule has 2 heteroatoms. The average Bonchev–Trinajstić information content (AvgIpc) is 2.77. The minimum absolute atomic E-state index is 0.787. The molecule has 0 amide bonds. The van der Waals surface area contributed by atoms with E-state index >= 15 is 0 Å². The number of thiophene rings is 1. The first-order chi connectivity index (χ1) is 6.84. The van der Waals surface area contributed by atoms with Crippen LogP contribution in [0.4, 0.5) is 0 Å². The second kappa shape index (κ2) is 3.21. The molecule has 2 aliphatic heterocycles. The lowest BCUT2D eigenvalue weighted by molar-refractivity contribution is 0.259. The van der Waals surface area contributed by atoms with Gasteiger partial charge in [-0.2, -0.15) is 11.3 Å². The molecule has 1 aromatic rings. The van der Waals surface area contributed by atoms with Crippen LogP contribution in [0.1, 0.15) is 18.9 Å². The monoisotopic (exact) mass is 205 g/mol. The zero-order valence-electron chi connectivity index (χ0n) is 8.36. The Kier molecular flexibility index (Phi) is 1.99. The smallest absolute Gasteiger partial charge is 0.0139 e. The Labute approximate surface area is 88.8 Å². The second-order valence-corrected chi connectivity index (χ2v) is 5.26. The molecule has 74 valence electrons. The maximum Gasteiger partial charge on any atom is 0.0139 e. The molecule has 0 aromatic carbocycles. The largest absolute Gasteiger partial charge is 0.313 e. The van der Waals surface area contributed by atoms with E-state index in [2.05, 4.69) is 35.1 Å². The van der Waals surface area contributed by atoms with Crippen LogP contribution in [0.25, 0.3) is 6.08 Å². The minimum Gasteiger partial charge on any atom is -0.313 e. The van der Waals surface area contributed by atoms with Gasteiger partial charge in [0.05, 0.1) is 0 Å². The fourth-order valence-electron chi connectivity index (χ4n) is 2.88. The molecule has 3 heterocycles. The molecule has 1 aromatic heterocycles. The third-order valence-corrected chi connectivity index (χ3v) is 4.31. The van der Waals surface area contributed by atoms with E-state index in [9.17, 15) is 0 Å². The summed E-state index contributed by atoms with van der Waals surface area (Å²) in [5.41, 5.74) is 2.94. The lowest BCUT2D eigenvalue weighted by Crippen LogP contribution is -2.37. The Bertz CT molecular complexity index is 338. The van der Waals surface area contributed by atoms with Gasteiger partial charge in [-0.1, -0.05) is 11.6 Å². The van der Waals surface area contributed by atoms with Gasteiger partial charge in [0.25, 0.3) is 0 Å². The molecule has 14 heavy (non-hydrogen) atoms. The van der Waals surface area contributed by atoms with Crippen molar-refractivity contribution in [2.24, 2.45) is 11.8 Å². The molecule has 2 bridgehead atoms. The molecule has 0 spiro atoms. The molecule has 1 N–H and O–H groups in total. The molecule has 1 nitrogen and oxygen atoms in total. The van der Waals surface area contributed by atoms with Gasteiger partial charge in [0.1, 0.15) is 0 Å². The zero-order valence-corrected chi connectivity index (χ0v) is 9.18. The van der Waals surface area contributed by atoms with Crippen molar-refractivity contribution in [1.82, 2.24) is 5.32 Å². The third kappa shape index (κ3) is 1.25. The van der Waals surface area contributed by atoms with Crippen molar-refractivity contribution >= 4 is 17.4 Å². The number of nitrogens with one attached hydrogen (secondary N) is 1. The first kappa shape index (κ1) is 8.69. The molecule has 3 aliphatic rings. The third-order valence-electron chi connectivity index (χ3n) is 3.60. The van der Waals surface area contributed by atoms with Crippen molar-refractivity contribution in [3.8, 4) is 0 Å². The van der Waals surface area contributed by atoms with E-state index < -0.39 is 0 Å². The number of rotatable bonds is 2. The Balaban J connectivity index is 1.80. The molecule has 3 unspecified atom stereocenters. The van der Waals surface area contributed by atoms with Crippen LogP contribution in [0.3, 0.4) is 0 Å². The molecule has 3 fully saturated rings. The van der Waals surface area contributed by atoms with Gasteiger partial charge in [-0.25, -0.2) is 0 Å². The van der Waals surface area contributed by atoms with E-state index in [-0.39, 0.29) is 0 Å². The van der Waals surface area contributed by atoms with Gasteiger partial charge in [-0.15, -0.1) is 0 Å². The van der Waals surface area contributed by atoms with Gasteiger partial charge in [-0.05, 0) is 54.1 Å². The lowest BCUT2D eigenvalue weighted by atomic mass is 9.70. The highest BCUT2D eigenvalue weighted by Crippen LogP contribution is 2.44. The molecule has 0 radical (unpaired) electrons. The highest BCUT2D eigenvalue weighted by Gasteiger charge is 2.46. The summed E-state index contributed by atoms with van der Waals surface area (Å²) in [7, 11) is 0. The molecule has 1 aliphatic carbocycles. The molecule has 3 atom stereocenters. The summed E-state index contributed by atoms with van der Waals surface area (Å²) in [5.74, 6) is 1.75. The van der Waals surface area contributed by atoms with Crippen molar-refractivity contribution in [3.05, 3.63) is 28.0 Å². The maximum absolute atomic E-state index is 3.57. The van der Waals surface area contributed by atoms with Crippen molar-refractivity contribution < 1.29 is 0 Å². The standard InChI is InChI=1S/C12H15NS/c1-8(4-9-2-3-14-7-9)12-10-5-11(12)13-6-10/h2-4,7,10-13H,5-6H2,1H3/b8-4-. The van der Waals surface area contributed by atoms with Gasteiger partial charge in [0, 0.05) is 6.04 Å². The van der Waals surface area contributed by atoms with E-state index in [0.29, 0.717) is 0 Å². The van der Waals surface area contributed by atoms with Crippen LogP contribution in [0, 0.1) is 11.8 Å². The SMILES string of the molecule is C/C(=C/c1ccsc1)C1C2CNC1C2. The quantitative estimate of drug-likeness (QED) is 0.783. The Morgan fingerprint density at radius 1 is 1.64 bits per heavy atom. The van der Waals surface area contributed by atoms with Crippen molar-refractivity contribution in [2.45, 2.75) is 19.4 Å². The van der Waals surface area contributed by atoms with Crippen LogP contribution in [0.2, 0.25) is 0 Å². The first-order valence-corrected chi connectivity index (χ1v) is 6.22. The second-order valence-electron chi connectivity index (χ2n) is 4.48. The van der Waals surface area contributed by atoms with E-state index in [0.717, 1.165) is 17.9 Å². The van der Waals surface area contributed by atoms with Crippen LogP contribution in [-0.2, 0) is 0 Å². The summed E-state index contributed by atoms with van der Waals surface area (Å²) in [6.07, 6.45) is 3.76. The average molecular weight is 205 g/mol. The Morgan fingerprint density at radius 2 is 2.57 bits per heavy atom. The fraction of sp³-hybridized carbons (Fsp3) is 0.500. The van der Waals surface area contributed by atoms with Gasteiger partial charge in [0.2, 0.25) is 0 Å². The van der Waals surface area contributed by atoms with Gasteiger partial charge < -0.3 is 5.32 Å². The van der Waals surface area contributed by atoms with Crippen LogP contribution in [0.15, 0.2) is 22.4 Å². The van der Waals surface area contributed by atoms with E-state index in [1.807, 2.05) is 0 Å². The van der Waals surface area contributed by atoms with E-state index in [1.54, 1.807) is 16.9 Å². The molecule has 2 saturated heterocycles. The summed E-state index contributed by atoms with van der Waals surface area (Å²) in [5, 5.41) is 7.93. The summed E-state index contributed by atoms with van der Waals surface area (Å²) >= 11 is 1.78. The number of hydrogen-bond donors (Lipinski definition) is 1. The van der Waals surface area contributed by atoms with Crippen LogP contribution in [-0.4, -0.2) is 12.6 Å². The van der Waals surface area contributed by atoms with E-state index in [4.69, 9.17) is 0 Å². The van der Waals surface area contributed by atoms with Crippen LogP contribution >= 0.6 is 11.3 Å². The summed E-state index contributed by atoms with van der Waals surface area (Å²) in [6.45, 7) is 3.53. The highest BCUT2D eigenvalue weighted by molar-refractivity contribution is 7.08. The number of hydrogen-bond acceptors (Lipinski definition) is 2. The van der Waals surface area contributed by atoms with Gasteiger partial charge in [0.15, 0.2) is 0 Å². The minimum atomic E-state index is 0.787. The fourth-order valence-corrected chi connectivity index (χ4v) is 3.50. The van der Waals surface area contributed by atoms with Crippen LogP contribution in [0.5, 0.6) is 0 Å². The predicted octanol–water partition coefficient (Wildman–Crippen LogP) is 2.76. The van der Waals surface area contributed by atoms with Gasteiger partial charge >= 0.3 is 0 Å². The number of fused-ring (bicyclic) bond motifs is 1. The summed E-state index contributed by atoms with van der Waals surface area (Å²) in [4.78, 5) is 0. The lowest BCUT2D eigenvalue weighted by Gasteiger charge is -2.35. The van der Waals surface area contributed by atoms with Crippen molar-refractivity contribution in [1.29, 1.82) is 0 Å². The van der Waals surface area contributed by atoms with Crippen molar-refractivity contribution in [2.75, 3.05) is 6.54 Å². The Morgan fingerprint density at radius 3 is 3.14 bits per heavy atom. The molecular weight excluding hydrogens is 190 g/mol. The van der Waals surface area contributed by atoms with E-state index in [1.165, 1.54) is 18.5 Å². The predicted molar refractivity (Wildman–Crippen MR) is 61.4 cm³/mol. The molecule has 1 saturated carbocycles. The normalized spacial score (nSPS) is 35.8. The molecule has 4 rings (SSSR count). The van der Waals surface area contributed by atoms with Crippen LogP contribution < -0.4 is 5.32 Å².